The van der Waals surface area contributed by atoms with Crippen LogP contribution in [0.3, 0.4) is 0 Å². The van der Waals surface area contributed by atoms with Gasteiger partial charge in [-0.1, -0.05) is 29.3 Å². The van der Waals surface area contributed by atoms with Crippen molar-refractivity contribution in [2.24, 2.45) is 5.73 Å². The quantitative estimate of drug-likeness (QED) is 0.543. The highest BCUT2D eigenvalue weighted by atomic mass is 79.9. The van der Waals surface area contributed by atoms with Crippen molar-refractivity contribution in [2.75, 3.05) is 6.61 Å². The van der Waals surface area contributed by atoms with E-state index >= 15 is 0 Å². The Kier molecular flexibility index (Phi) is 5.69. The lowest BCUT2D eigenvalue weighted by Gasteiger charge is -2.22. The number of ether oxygens (including phenoxy) is 1. The lowest BCUT2D eigenvalue weighted by atomic mass is 10.1. The molecule has 0 radical (unpaired) electrons. The monoisotopic (exact) mass is 484 g/mol. The van der Waals surface area contributed by atoms with Gasteiger partial charge in [0.2, 0.25) is 5.91 Å². The van der Waals surface area contributed by atoms with Crippen LogP contribution < -0.4 is 5.73 Å². The molecule has 1 unspecified atom stereocenters. The average molecular weight is 486 g/mol. The zero-order valence-electron chi connectivity index (χ0n) is 15.0. The molecule has 0 saturated carbocycles. The summed E-state index contributed by atoms with van der Waals surface area (Å²) in [5.41, 5.74) is 7.99. The van der Waals surface area contributed by atoms with Gasteiger partial charge in [-0.15, -0.1) is 0 Å². The Morgan fingerprint density at radius 1 is 1.36 bits per heavy atom. The van der Waals surface area contributed by atoms with Crippen molar-refractivity contribution in [1.29, 1.82) is 0 Å². The van der Waals surface area contributed by atoms with Crippen molar-refractivity contribution in [3.63, 3.8) is 0 Å². The third-order valence-corrected chi connectivity index (χ3v) is 6.59. The first kappa shape index (κ1) is 19.8. The Morgan fingerprint density at radius 3 is 2.89 bits per heavy atom. The Bertz CT molecular complexity index is 1040. The molecule has 9 heteroatoms. The number of aryl methyl sites for hydroxylation is 1. The number of benzene rings is 1. The SMILES string of the molecule is NC(=O)CCn1c(Br)c(-c2cnn(C3CCCCO3)c2)c2ccc(Cl)c(Cl)c21. The number of fused-ring (bicyclic) bond motifs is 1. The zero-order chi connectivity index (χ0) is 19.8. The Balaban J connectivity index is 1.83. The van der Waals surface area contributed by atoms with E-state index in [4.69, 9.17) is 33.7 Å². The molecule has 1 amide bonds. The number of halogens is 3. The molecule has 2 N–H and O–H groups in total. The molecular formula is C19H19BrCl2N4O2. The molecule has 1 fully saturated rings. The number of nitrogens with two attached hydrogens (primary N) is 1. The van der Waals surface area contributed by atoms with Crippen molar-refractivity contribution in [3.05, 3.63) is 39.2 Å². The van der Waals surface area contributed by atoms with Crippen LogP contribution in [0.15, 0.2) is 29.1 Å². The van der Waals surface area contributed by atoms with Gasteiger partial charge in [0.25, 0.3) is 0 Å². The normalized spacial score (nSPS) is 17.3. The summed E-state index contributed by atoms with van der Waals surface area (Å²) < 4.78 is 10.4. The Hall–Kier alpha value is -1.54. The maximum Gasteiger partial charge on any atom is 0.219 e. The van der Waals surface area contributed by atoms with Crippen LogP contribution in [0.4, 0.5) is 0 Å². The van der Waals surface area contributed by atoms with Crippen molar-refractivity contribution in [3.8, 4) is 11.1 Å². The summed E-state index contributed by atoms with van der Waals surface area (Å²) in [5, 5.41) is 6.34. The summed E-state index contributed by atoms with van der Waals surface area (Å²) in [6, 6.07) is 3.70. The maximum absolute atomic E-state index is 11.3. The van der Waals surface area contributed by atoms with E-state index in [1.54, 1.807) is 6.07 Å². The fraction of sp³-hybridized carbons (Fsp3) is 0.368. The van der Waals surface area contributed by atoms with Crippen molar-refractivity contribution in [2.45, 2.75) is 38.5 Å². The van der Waals surface area contributed by atoms with Crippen LogP contribution in [-0.4, -0.2) is 26.9 Å². The van der Waals surface area contributed by atoms with Crippen molar-refractivity contribution in [1.82, 2.24) is 14.3 Å². The number of carbonyl (C=O) groups excluding carboxylic acids is 1. The molecule has 28 heavy (non-hydrogen) atoms. The fourth-order valence-electron chi connectivity index (χ4n) is 3.61. The van der Waals surface area contributed by atoms with Gasteiger partial charge in [-0.2, -0.15) is 5.10 Å². The van der Waals surface area contributed by atoms with E-state index in [1.807, 2.05) is 27.7 Å². The standard InChI is InChI=1S/C19H19BrCl2N4O2/c20-19-16(11-9-24-26(10-11)15-3-1-2-8-28-15)12-4-5-13(21)17(22)18(12)25(19)7-6-14(23)27/h4-5,9-10,15H,1-3,6-8H2,(H2,23,27). The molecular weight excluding hydrogens is 467 g/mol. The molecule has 0 bridgehead atoms. The summed E-state index contributed by atoms with van der Waals surface area (Å²) in [5.74, 6) is -0.379. The van der Waals surface area contributed by atoms with Gasteiger partial charge in [0.15, 0.2) is 0 Å². The number of primary amides is 1. The third-order valence-electron chi connectivity index (χ3n) is 4.97. The van der Waals surface area contributed by atoms with Crippen LogP contribution in [0.1, 0.15) is 31.9 Å². The first-order chi connectivity index (χ1) is 13.5. The number of hydrogen-bond donors (Lipinski definition) is 1. The maximum atomic E-state index is 11.3. The summed E-state index contributed by atoms with van der Waals surface area (Å²) in [7, 11) is 0. The smallest absolute Gasteiger partial charge is 0.219 e. The van der Waals surface area contributed by atoms with Gasteiger partial charge >= 0.3 is 0 Å². The number of nitrogens with zero attached hydrogens (tertiary/aromatic N) is 3. The van der Waals surface area contributed by atoms with E-state index < -0.39 is 0 Å². The first-order valence-corrected chi connectivity index (χ1v) is 10.6. The fourth-order valence-corrected chi connectivity index (χ4v) is 4.83. The predicted molar refractivity (Wildman–Crippen MR) is 114 cm³/mol. The number of carbonyl (C=O) groups is 1. The average Bonchev–Trinajstić information content (AvgIpc) is 3.26. The molecule has 3 heterocycles. The van der Waals surface area contributed by atoms with E-state index in [9.17, 15) is 4.79 Å². The summed E-state index contributed by atoms with van der Waals surface area (Å²) in [6.07, 6.45) is 7.12. The van der Waals surface area contributed by atoms with E-state index in [0.29, 0.717) is 16.6 Å². The first-order valence-electron chi connectivity index (χ1n) is 9.07. The van der Waals surface area contributed by atoms with Gasteiger partial charge in [-0.25, -0.2) is 4.68 Å². The minimum absolute atomic E-state index is 0.0393. The van der Waals surface area contributed by atoms with Crippen LogP contribution in [0, 0.1) is 0 Å². The molecule has 1 atom stereocenters. The lowest BCUT2D eigenvalue weighted by Crippen LogP contribution is -2.18. The van der Waals surface area contributed by atoms with E-state index in [1.165, 1.54) is 0 Å². The topological polar surface area (TPSA) is 75.1 Å². The van der Waals surface area contributed by atoms with Gasteiger partial charge < -0.3 is 15.0 Å². The molecule has 0 spiro atoms. The lowest BCUT2D eigenvalue weighted by molar-refractivity contribution is -0.118. The van der Waals surface area contributed by atoms with Crippen LogP contribution >= 0.6 is 39.1 Å². The molecule has 1 aliphatic heterocycles. The van der Waals surface area contributed by atoms with E-state index in [2.05, 4.69) is 21.0 Å². The van der Waals surface area contributed by atoms with Crippen LogP contribution in [0.2, 0.25) is 10.0 Å². The second-order valence-electron chi connectivity index (χ2n) is 6.82. The largest absolute Gasteiger partial charge is 0.370 e. The number of aromatic nitrogens is 3. The zero-order valence-corrected chi connectivity index (χ0v) is 18.1. The predicted octanol–water partition coefficient (Wildman–Crippen LogP) is 5.15. The minimum atomic E-state index is -0.379. The summed E-state index contributed by atoms with van der Waals surface area (Å²) in [6.45, 7) is 1.15. The molecule has 0 aliphatic carbocycles. The van der Waals surface area contributed by atoms with Crippen molar-refractivity contribution >= 4 is 55.9 Å². The highest BCUT2D eigenvalue weighted by Gasteiger charge is 2.23. The Morgan fingerprint density at radius 2 is 2.18 bits per heavy atom. The Labute approximate surface area is 180 Å². The molecule has 2 aromatic heterocycles. The highest BCUT2D eigenvalue weighted by Crippen LogP contribution is 2.43. The molecule has 4 rings (SSSR count). The molecule has 1 aromatic carbocycles. The van der Waals surface area contributed by atoms with Gasteiger partial charge in [0.1, 0.15) is 6.23 Å². The van der Waals surface area contributed by atoms with Gasteiger partial charge in [0.05, 0.1) is 26.4 Å². The second kappa shape index (κ2) is 8.06. The molecule has 1 saturated heterocycles. The molecule has 6 nitrogen and oxygen atoms in total. The number of amides is 1. The van der Waals surface area contributed by atoms with Gasteiger partial charge in [0, 0.05) is 42.3 Å². The van der Waals surface area contributed by atoms with Crippen LogP contribution in [0.5, 0.6) is 0 Å². The molecule has 3 aromatic rings. The molecule has 1 aliphatic rings. The van der Waals surface area contributed by atoms with Gasteiger partial charge in [-0.05, 0) is 41.3 Å². The number of hydrogen-bond acceptors (Lipinski definition) is 3. The highest BCUT2D eigenvalue weighted by molar-refractivity contribution is 9.10. The summed E-state index contributed by atoms with van der Waals surface area (Å²) in [4.78, 5) is 11.3. The van der Waals surface area contributed by atoms with E-state index in [0.717, 1.165) is 52.5 Å². The van der Waals surface area contributed by atoms with Crippen LogP contribution in [0.25, 0.3) is 22.0 Å². The summed E-state index contributed by atoms with van der Waals surface area (Å²) >= 11 is 16.5. The minimum Gasteiger partial charge on any atom is -0.370 e. The van der Waals surface area contributed by atoms with Crippen LogP contribution in [-0.2, 0) is 16.1 Å². The molecule has 148 valence electrons. The number of rotatable bonds is 5. The third kappa shape index (κ3) is 3.56. The van der Waals surface area contributed by atoms with Crippen molar-refractivity contribution < 1.29 is 9.53 Å². The van der Waals surface area contributed by atoms with E-state index in [-0.39, 0.29) is 18.6 Å². The second-order valence-corrected chi connectivity index (χ2v) is 8.36. The van der Waals surface area contributed by atoms with Gasteiger partial charge in [-0.3, -0.25) is 4.79 Å².